The summed E-state index contributed by atoms with van der Waals surface area (Å²) in [5, 5.41) is 9.41. The van der Waals surface area contributed by atoms with Crippen molar-refractivity contribution in [2.45, 2.75) is 19.4 Å². The third-order valence-electron chi connectivity index (χ3n) is 3.01. The van der Waals surface area contributed by atoms with Crippen LogP contribution in [0.3, 0.4) is 0 Å². The predicted octanol–water partition coefficient (Wildman–Crippen LogP) is 2.49. The number of oxazole rings is 1. The number of aliphatic hydroxyl groups is 1. The van der Waals surface area contributed by atoms with Gasteiger partial charge < -0.3 is 20.0 Å². The van der Waals surface area contributed by atoms with Crippen LogP contribution in [0.1, 0.15) is 35.0 Å². The van der Waals surface area contributed by atoms with Crippen LogP contribution < -0.4 is 10.5 Å². The third-order valence-corrected chi connectivity index (χ3v) is 3.63. The maximum absolute atomic E-state index is 14.1. The molecule has 1 amide bonds. The molecule has 6 nitrogen and oxygen atoms in total. The van der Waals surface area contributed by atoms with E-state index < -0.39 is 41.6 Å². The number of aliphatic hydroxyl groups excluding tert-OH is 1. The van der Waals surface area contributed by atoms with Gasteiger partial charge in [-0.1, -0.05) is 6.92 Å². The Labute approximate surface area is 138 Å². The number of ether oxygens (including phenoxy) is 1. The molecule has 0 fully saturated rings. The van der Waals surface area contributed by atoms with E-state index >= 15 is 0 Å². The molecule has 1 aromatic carbocycles. The molecule has 9 heteroatoms. The Balaban J connectivity index is 2.35. The number of nitrogens with zero attached hydrogens (tertiary/aromatic N) is 1. The maximum atomic E-state index is 14.1. The number of rotatable bonds is 6. The van der Waals surface area contributed by atoms with Crippen LogP contribution in [0.15, 0.2) is 21.2 Å². The largest absolute Gasteiger partial charge is 0.475 e. The van der Waals surface area contributed by atoms with Gasteiger partial charge in [0.25, 0.3) is 5.91 Å². The first-order valence-corrected chi connectivity index (χ1v) is 7.38. The topological polar surface area (TPSA) is 98.6 Å². The maximum Gasteiger partial charge on any atom is 0.254 e. The molecule has 1 aromatic heterocycles. The monoisotopic (exact) mass is 390 g/mol. The lowest BCUT2D eigenvalue weighted by Gasteiger charge is -2.15. The van der Waals surface area contributed by atoms with E-state index in [-0.39, 0.29) is 5.89 Å². The Morgan fingerprint density at radius 1 is 1.52 bits per heavy atom. The highest BCUT2D eigenvalue weighted by molar-refractivity contribution is 9.10. The van der Waals surface area contributed by atoms with Gasteiger partial charge in [-0.2, -0.15) is 0 Å². The van der Waals surface area contributed by atoms with Crippen molar-refractivity contribution in [1.29, 1.82) is 0 Å². The summed E-state index contributed by atoms with van der Waals surface area (Å²) in [4.78, 5) is 15.2. The van der Waals surface area contributed by atoms with Gasteiger partial charge >= 0.3 is 0 Å². The number of aromatic nitrogens is 1. The van der Waals surface area contributed by atoms with E-state index in [1.54, 1.807) is 0 Å². The number of hydrogen-bond acceptors (Lipinski definition) is 5. The second kappa shape index (κ2) is 7.05. The normalized spacial score (nSPS) is 12.2. The van der Waals surface area contributed by atoms with Gasteiger partial charge in [-0.15, -0.1) is 0 Å². The highest BCUT2D eigenvalue weighted by atomic mass is 79.9. The van der Waals surface area contributed by atoms with E-state index in [1.807, 2.05) is 6.92 Å². The van der Waals surface area contributed by atoms with E-state index in [4.69, 9.17) is 14.9 Å². The Morgan fingerprint density at radius 3 is 2.74 bits per heavy atom. The summed E-state index contributed by atoms with van der Waals surface area (Å²) >= 11 is 3.16. The SMILES string of the molecule is CCc1nc(C(CO)Oc2ccc(F)c(C(N)=O)c2F)oc1Br. The summed E-state index contributed by atoms with van der Waals surface area (Å²) in [6.07, 6.45) is -0.564. The van der Waals surface area contributed by atoms with E-state index in [0.29, 0.717) is 16.8 Å². The number of halogens is 3. The van der Waals surface area contributed by atoms with Crippen LogP contribution in [0.4, 0.5) is 8.78 Å². The zero-order valence-electron chi connectivity index (χ0n) is 12.0. The van der Waals surface area contributed by atoms with Crippen LogP contribution in [0, 0.1) is 11.6 Å². The predicted molar refractivity (Wildman–Crippen MR) is 78.9 cm³/mol. The van der Waals surface area contributed by atoms with Crippen molar-refractivity contribution in [1.82, 2.24) is 4.98 Å². The first-order chi connectivity index (χ1) is 10.9. The van der Waals surface area contributed by atoms with E-state index in [1.165, 1.54) is 0 Å². The molecule has 0 aliphatic heterocycles. The molecule has 23 heavy (non-hydrogen) atoms. The molecule has 1 atom stereocenters. The number of aryl methyl sites for hydroxylation is 1. The van der Waals surface area contributed by atoms with Gasteiger partial charge in [0.15, 0.2) is 22.3 Å². The molecular formula is C14H13BrF2N2O4. The van der Waals surface area contributed by atoms with E-state index in [2.05, 4.69) is 20.9 Å². The van der Waals surface area contributed by atoms with Crippen molar-refractivity contribution < 1.29 is 27.8 Å². The number of primary amides is 1. The smallest absolute Gasteiger partial charge is 0.254 e. The second-order valence-electron chi connectivity index (χ2n) is 4.51. The average molecular weight is 391 g/mol. The Kier molecular flexibility index (Phi) is 5.32. The lowest BCUT2D eigenvalue weighted by molar-refractivity contribution is 0.0880. The zero-order valence-corrected chi connectivity index (χ0v) is 13.6. The van der Waals surface area contributed by atoms with Crippen LogP contribution >= 0.6 is 15.9 Å². The quantitative estimate of drug-likeness (QED) is 0.789. The summed E-state index contributed by atoms with van der Waals surface area (Å²) < 4.78 is 38.5. The first-order valence-electron chi connectivity index (χ1n) is 6.59. The van der Waals surface area contributed by atoms with Crippen LogP contribution in [0.25, 0.3) is 0 Å². The molecule has 1 unspecified atom stereocenters. The van der Waals surface area contributed by atoms with Crippen LogP contribution in [-0.4, -0.2) is 22.6 Å². The molecule has 0 aliphatic rings. The minimum absolute atomic E-state index is 0.0144. The number of carbonyl (C=O) groups is 1. The molecule has 0 bridgehead atoms. The lowest BCUT2D eigenvalue weighted by atomic mass is 10.1. The summed E-state index contributed by atoms with van der Waals surface area (Å²) in [7, 11) is 0. The van der Waals surface area contributed by atoms with Crippen molar-refractivity contribution in [3.05, 3.63) is 45.6 Å². The van der Waals surface area contributed by atoms with Crippen molar-refractivity contribution in [2.24, 2.45) is 5.73 Å². The number of benzene rings is 1. The summed E-state index contributed by atoms with van der Waals surface area (Å²) in [6.45, 7) is 1.28. The fraction of sp³-hybridized carbons (Fsp3) is 0.286. The van der Waals surface area contributed by atoms with Gasteiger partial charge in [-0.3, -0.25) is 4.79 Å². The Morgan fingerprint density at radius 2 is 2.22 bits per heavy atom. The summed E-state index contributed by atoms with van der Waals surface area (Å²) in [6, 6.07) is 1.83. The van der Waals surface area contributed by atoms with Crippen LogP contribution in [-0.2, 0) is 6.42 Å². The van der Waals surface area contributed by atoms with Gasteiger partial charge in [0, 0.05) is 0 Å². The van der Waals surface area contributed by atoms with E-state index in [9.17, 15) is 18.7 Å². The highest BCUT2D eigenvalue weighted by Crippen LogP contribution is 2.29. The lowest BCUT2D eigenvalue weighted by Crippen LogP contribution is -2.18. The second-order valence-corrected chi connectivity index (χ2v) is 5.23. The van der Waals surface area contributed by atoms with Gasteiger partial charge in [0.2, 0.25) is 5.89 Å². The van der Waals surface area contributed by atoms with Gasteiger partial charge in [-0.05, 0) is 34.5 Å². The first kappa shape index (κ1) is 17.4. The molecule has 0 aliphatic carbocycles. The minimum Gasteiger partial charge on any atom is -0.475 e. The minimum atomic E-state index is -1.27. The molecule has 0 spiro atoms. The molecule has 0 saturated heterocycles. The van der Waals surface area contributed by atoms with Gasteiger partial charge in [-0.25, -0.2) is 13.8 Å². The zero-order chi connectivity index (χ0) is 17.1. The molecular weight excluding hydrogens is 378 g/mol. The standard InChI is InChI=1S/C14H13BrF2N2O4/c1-2-7-12(15)23-14(19-7)9(5-20)22-8-4-3-6(16)10(11(8)17)13(18)21/h3-4,9,20H,2,5H2,1H3,(H2,18,21). The molecule has 0 radical (unpaired) electrons. The summed E-state index contributed by atoms with van der Waals surface area (Å²) in [5.74, 6) is -4.06. The van der Waals surface area contributed by atoms with Crippen LogP contribution in [0.2, 0.25) is 0 Å². The molecule has 3 N–H and O–H groups in total. The van der Waals surface area contributed by atoms with Gasteiger partial charge in [0.1, 0.15) is 11.4 Å². The highest BCUT2D eigenvalue weighted by Gasteiger charge is 2.25. The van der Waals surface area contributed by atoms with Gasteiger partial charge in [0.05, 0.1) is 12.3 Å². The van der Waals surface area contributed by atoms with Crippen LogP contribution in [0.5, 0.6) is 5.75 Å². The average Bonchev–Trinajstić information content (AvgIpc) is 2.87. The van der Waals surface area contributed by atoms with Crippen molar-refractivity contribution in [3.8, 4) is 5.75 Å². The third kappa shape index (κ3) is 3.50. The van der Waals surface area contributed by atoms with Crippen molar-refractivity contribution in [3.63, 3.8) is 0 Å². The molecule has 124 valence electrons. The number of hydrogen-bond donors (Lipinski definition) is 2. The molecule has 1 heterocycles. The number of carbonyl (C=O) groups excluding carboxylic acids is 1. The fourth-order valence-corrected chi connectivity index (χ4v) is 2.41. The molecule has 0 saturated carbocycles. The number of nitrogens with two attached hydrogens (primary N) is 1. The molecule has 2 aromatic rings. The van der Waals surface area contributed by atoms with Crippen molar-refractivity contribution >= 4 is 21.8 Å². The fourth-order valence-electron chi connectivity index (χ4n) is 1.88. The number of amides is 1. The van der Waals surface area contributed by atoms with Crippen molar-refractivity contribution in [2.75, 3.05) is 6.61 Å². The summed E-state index contributed by atoms with van der Waals surface area (Å²) in [5.41, 5.74) is 4.62. The Bertz CT molecular complexity index is 736. The van der Waals surface area contributed by atoms with E-state index in [0.717, 1.165) is 12.1 Å². The Hall–Kier alpha value is -2.00. The molecule has 2 rings (SSSR count).